The molecule has 3 rings (SSSR count). The summed E-state index contributed by atoms with van der Waals surface area (Å²) in [6.45, 7) is 0.223. The van der Waals surface area contributed by atoms with Gasteiger partial charge in [-0.2, -0.15) is 5.26 Å². The highest BCUT2D eigenvalue weighted by molar-refractivity contribution is 8.05. The van der Waals surface area contributed by atoms with E-state index in [1.165, 1.54) is 4.90 Å². The van der Waals surface area contributed by atoms with E-state index in [1.54, 1.807) is 30.3 Å². The Labute approximate surface area is 171 Å². The molecule has 7 nitrogen and oxygen atoms in total. The largest absolute Gasteiger partial charge is 0.481 e. The van der Waals surface area contributed by atoms with Crippen LogP contribution in [0.15, 0.2) is 71.3 Å². The maximum absolute atomic E-state index is 12.8. The molecular formula is C21H17N3O4S. The number of amides is 2. The summed E-state index contributed by atoms with van der Waals surface area (Å²) in [5, 5.41) is 20.7. The normalized spacial score (nSPS) is 17.6. The van der Waals surface area contributed by atoms with Crippen molar-refractivity contribution in [3.8, 4) is 6.07 Å². The fourth-order valence-corrected chi connectivity index (χ4v) is 4.08. The number of nitrogens with zero attached hydrogens (tertiary/aromatic N) is 2. The second kappa shape index (κ2) is 9.08. The number of para-hydroxylation sites is 1. The van der Waals surface area contributed by atoms with Gasteiger partial charge in [0, 0.05) is 12.2 Å². The van der Waals surface area contributed by atoms with Crippen LogP contribution < -0.4 is 10.2 Å². The number of aliphatic carboxylic acids is 1. The first-order chi connectivity index (χ1) is 14.0. The minimum Gasteiger partial charge on any atom is -0.481 e. The topological polar surface area (TPSA) is 111 Å². The van der Waals surface area contributed by atoms with Gasteiger partial charge in [-0.25, -0.2) is 0 Å². The smallest absolute Gasteiger partial charge is 0.305 e. The van der Waals surface area contributed by atoms with Crippen LogP contribution in [0.4, 0.5) is 5.69 Å². The van der Waals surface area contributed by atoms with E-state index in [2.05, 4.69) is 5.32 Å². The third-order valence-corrected chi connectivity index (χ3v) is 5.44. The number of anilines is 1. The average Bonchev–Trinajstić information content (AvgIpc) is 3.03. The number of carbonyl (C=O) groups is 3. The van der Waals surface area contributed by atoms with Crippen LogP contribution in [-0.2, 0) is 20.9 Å². The molecule has 2 aromatic carbocycles. The Balaban J connectivity index is 1.93. The molecule has 0 spiro atoms. The van der Waals surface area contributed by atoms with Crippen LogP contribution in [0.2, 0.25) is 0 Å². The molecule has 1 fully saturated rings. The standard InChI is InChI=1S/C21H17N3O4S/c22-12-16(19(27)23-13-14-7-3-1-4-8-14)21-24(15-9-5-2-6-10-15)20(28)17(29-21)11-18(25)26/h1-10,17H,11,13H2,(H,23,27)(H,25,26)/b21-16-. The van der Waals surface area contributed by atoms with E-state index in [9.17, 15) is 19.6 Å². The first kappa shape index (κ1) is 20.2. The number of hydrogen-bond acceptors (Lipinski definition) is 5. The molecule has 2 amide bonds. The van der Waals surface area contributed by atoms with E-state index in [0.29, 0.717) is 5.69 Å². The Kier molecular flexibility index (Phi) is 6.32. The SMILES string of the molecule is N#C/C(C(=O)NCc1ccccc1)=C1/SC(CC(=O)O)C(=O)N1c1ccccc1. The first-order valence-electron chi connectivity index (χ1n) is 8.75. The molecule has 0 radical (unpaired) electrons. The molecule has 0 aromatic heterocycles. The van der Waals surface area contributed by atoms with Crippen LogP contribution >= 0.6 is 11.8 Å². The molecule has 1 saturated heterocycles. The Morgan fingerprint density at radius 2 is 1.72 bits per heavy atom. The molecular weight excluding hydrogens is 390 g/mol. The van der Waals surface area contributed by atoms with Crippen molar-refractivity contribution in [1.29, 1.82) is 5.26 Å². The van der Waals surface area contributed by atoms with Crippen LogP contribution in [0.25, 0.3) is 0 Å². The second-order valence-electron chi connectivity index (χ2n) is 6.17. The van der Waals surface area contributed by atoms with Gasteiger partial charge < -0.3 is 10.4 Å². The van der Waals surface area contributed by atoms with Crippen molar-refractivity contribution in [3.05, 3.63) is 76.8 Å². The van der Waals surface area contributed by atoms with Crippen LogP contribution in [0, 0.1) is 11.3 Å². The van der Waals surface area contributed by atoms with Crippen molar-refractivity contribution < 1.29 is 19.5 Å². The summed E-state index contributed by atoms with van der Waals surface area (Å²) in [6, 6.07) is 19.6. The Morgan fingerprint density at radius 1 is 1.10 bits per heavy atom. The number of benzene rings is 2. The molecule has 1 atom stereocenters. The molecule has 146 valence electrons. The maximum atomic E-state index is 12.8. The van der Waals surface area contributed by atoms with Gasteiger partial charge in [0.05, 0.1) is 6.42 Å². The van der Waals surface area contributed by atoms with E-state index in [4.69, 9.17) is 5.11 Å². The quantitative estimate of drug-likeness (QED) is 0.563. The van der Waals surface area contributed by atoms with E-state index in [0.717, 1.165) is 17.3 Å². The van der Waals surface area contributed by atoms with Crippen molar-refractivity contribution >= 4 is 35.2 Å². The van der Waals surface area contributed by atoms with Crippen molar-refractivity contribution in [2.75, 3.05) is 4.90 Å². The first-order valence-corrected chi connectivity index (χ1v) is 9.63. The molecule has 1 aliphatic heterocycles. The van der Waals surface area contributed by atoms with E-state index in [1.807, 2.05) is 36.4 Å². The number of carbonyl (C=O) groups excluding carboxylic acids is 2. The zero-order valence-electron chi connectivity index (χ0n) is 15.2. The predicted molar refractivity (Wildman–Crippen MR) is 108 cm³/mol. The lowest BCUT2D eigenvalue weighted by molar-refractivity contribution is -0.138. The van der Waals surface area contributed by atoms with Gasteiger partial charge in [-0.15, -0.1) is 0 Å². The minimum atomic E-state index is -1.13. The summed E-state index contributed by atoms with van der Waals surface area (Å²) in [7, 11) is 0. The van der Waals surface area contributed by atoms with Crippen molar-refractivity contribution in [1.82, 2.24) is 5.32 Å². The number of nitrogens with one attached hydrogen (secondary N) is 1. The summed E-state index contributed by atoms with van der Waals surface area (Å²) < 4.78 is 0. The van der Waals surface area contributed by atoms with E-state index < -0.39 is 29.5 Å². The number of thioether (sulfide) groups is 1. The number of carboxylic acids is 1. The zero-order valence-corrected chi connectivity index (χ0v) is 16.1. The Bertz CT molecular complexity index is 1000. The van der Waals surface area contributed by atoms with Gasteiger partial charge in [-0.3, -0.25) is 19.3 Å². The Hall–Kier alpha value is -3.57. The lowest BCUT2D eigenvalue weighted by Crippen LogP contribution is -2.32. The summed E-state index contributed by atoms with van der Waals surface area (Å²) in [5.74, 6) is -2.22. The highest BCUT2D eigenvalue weighted by Crippen LogP contribution is 2.41. The van der Waals surface area contributed by atoms with Gasteiger partial charge in [-0.1, -0.05) is 60.3 Å². The third-order valence-electron chi connectivity index (χ3n) is 4.18. The molecule has 8 heteroatoms. The molecule has 0 aliphatic carbocycles. The molecule has 1 heterocycles. The molecule has 2 N–H and O–H groups in total. The van der Waals surface area contributed by atoms with Gasteiger partial charge >= 0.3 is 5.97 Å². The van der Waals surface area contributed by atoms with E-state index >= 15 is 0 Å². The van der Waals surface area contributed by atoms with Crippen LogP contribution in [0.3, 0.4) is 0 Å². The van der Waals surface area contributed by atoms with Gasteiger partial charge in [0.25, 0.3) is 5.91 Å². The minimum absolute atomic E-state index is 0.139. The van der Waals surface area contributed by atoms with Gasteiger partial charge in [0.2, 0.25) is 5.91 Å². The molecule has 0 bridgehead atoms. The molecule has 0 saturated carbocycles. The van der Waals surface area contributed by atoms with Gasteiger partial charge in [0.1, 0.15) is 21.9 Å². The summed E-state index contributed by atoms with van der Waals surface area (Å²) in [4.78, 5) is 37.9. The lowest BCUT2D eigenvalue weighted by atomic mass is 10.2. The number of hydrogen-bond donors (Lipinski definition) is 2. The molecule has 29 heavy (non-hydrogen) atoms. The second-order valence-corrected chi connectivity index (χ2v) is 7.37. The van der Waals surface area contributed by atoms with Crippen molar-refractivity contribution in [2.45, 2.75) is 18.2 Å². The highest BCUT2D eigenvalue weighted by atomic mass is 32.2. The van der Waals surface area contributed by atoms with Crippen LogP contribution in [0.5, 0.6) is 0 Å². The number of carboxylic acid groups (broad SMARTS) is 1. The highest BCUT2D eigenvalue weighted by Gasteiger charge is 2.41. The van der Waals surface area contributed by atoms with E-state index in [-0.39, 0.29) is 17.1 Å². The number of rotatable bonds is 6. The van der Waals surface area contributed by atoms with Crippen molar-refractivity contribution in [3.63, 3.8) is 0 Å². The summed E-state index contributed by atoms with van der Waals surface area (Å²) in [6.07, 6.45) is -0.402. The molecule has 1 aliphatic rings. The third kappa shape index (κ3) is 4.65. The van der Waals surface area contributed by atoms with Crippen LogP contribution in [0.1, 0.15) is 12.0 Å². The maximum Gasteiger partial charge on any atom is 0.305 e. The average molecular weight is 407 g/mol. The monoisotopic (exact) mass is 407 g/mol. The zero-order chi connectivity index (χ0) is 20.8. The Morgan fingerprint density at radius 3 is 2.31 bits per heavy atom. The fraction of sp³-hybridized carbons (Fsp3) is 0.143. The van der Waals surface area contributed by atoms with Gasteiger partial charge in [-0.05, 0) is 17.7 Å². The van der Waals surface area contributed by atoms with Gasteiger partial charge in [0.15, 0.2) is 0 Å². The predicted octanol–water partition coefficient (Wildman–Crippen LogP) is 2.66. The van der Waals surface area contributed by atoms with Crippen molar-refractivity contribution in [2.24, 2.45) is 0 Å². The molecule has 1 unspecified atom stereocenters. The lowest BCUT2D eigenvalue weighted by Gasteiger charge is -2.18. The molecule has 2 aromatic rings. The number of nitriles is 1. The summed E-state index contributed by atoms with van der Waals surface area (Å²) >= 11 is 0.925. The summed E-state index contributed by atoms with van der Waals surface area (Å²) in [5.41, 5.74) is 1.11. The van der Waals surface area contributed by atoms with Crippen LogP contribution in [-0.4, -0.2) is 28.1 Å². The fourth-order valence-electron chi connectivity index (χ4n) is 2.82.